The topological polar surface area (TPSA) is 78.3 Å². The van der Waals surface area contributed by atoms with E-state index in [1.165, 1.54) is 0 Å². The van der Waals surface area contributed by atoms with Crippen LogP contribution in [-0.4, -0.2) is 39.1 Å². The van der Waals surface area contributed by atoms with E-state index in [9.17, 15) is 10.2 Å². The molecule has 1 aromatic carbocycles. The van der Waals surface area contributed by atoms with Crippen molar-refractivity contribution in [3.63, 3.8) is 0 Å². The average molecular weight is 352 g/mol. The second-order valence-electron chi connectivity index (χ2n) is 4.79. The van der Waals surface area contributed by atoms with Crippen LogP contribution in [-0.2, 0) is 12.8 Å². The van der Waals surface area contributed by atoms with Crippen LogP contribution < -0.4 is 5.32 Å². The number of aliphatic hydroxyl groups is 2. The fourth-order valence-electron chi connectivity index (χ4n) is 1.92. The summed E-state index contributed by atoms with van der Waals surface area (Å²) in [6.45, 7) is 0.312. The van der Waals surface area contributed by atoms with Crippen molar-refractivity contribution < 1.29 is 10.2 Å². The SMILES string of the molecule is OC(CNC(O)Cc1ncc(Br)cn1)Cc1ccccc1. The highest BCUT2D eigenvalue weighted by atomic mass is 79.9. The number of halogens is 1. The smallest absolute Gasteiger partial charge is 0.132 e. The Balaban J connectivity index is 1.73. The van der Waals surface area contributed by atoms with Crippen LogP contribution in [0, 0.1) is 0 Å². The molecule has 5 nitrogen and oxygen atoms in total. The zero-order valence-electron chi connectivity index (χ0n) is 11.5. The Bertz CT molecular complexity index is 536. The van der Waals surface area contributed by atoms with Crippen LogP contribution in [0.25, 0.3) is 0 Å². The molecular weight excluding hydrogens is 334 g/mol. The summed E-state index contributed by atoms with van der Waals surface area (Å²) in [4.78, 5) is 8.19. The lowest BCUT2D eigenvalue weighted by atomic mass is 10.1. The second kappa shape index (κ2) is 8.19. The van der Waals surface area contributed by atoms with Crippen LogP contribution in [0.1, 0.15) is 11.4 Å². The molecule has 21 heavy (non-hydrogen) atoms. The minimum absolute atomic E-state index is 0.297. The van der Waals surface area contributed by atoms with E-state index in [0.29, 0.717) is 25.2 Å². The maximum absolute atomic E-state index is 9.94. The Labute approximate surface area is 132 Å². The van der Waals surface area contributed by atoms with E-state index in [0.717, 1.165) is 10.0 Å². The van der Waals surface area contributed by atoms with Gasteiger partial charge in [0.15, 0.2) is 0 Å². The quantitative estimate of drug-likeness (QED) is 0.655. The molecule has 1 heterocycles. The van der Waals surface area contributed by atoms with Gasteiger partial charge in [0.25, 0.3) is 0 Å². The largest absolute Gasteiger partial charge is 0.391 e. The summed E-state index contributed by atoms with van der Waals surface area (Å²) in [5.41, 5.74) is 1.07. The van der Waals surface area contributed by atoms with Crippen molar-refractivity contribution >= 4 is 15.9 Å². The van der Waals surface area contributed by atoms with Crippen LogP contribution in [0.4, 0.5) is 0 Å². The fraction of sp³-hybridized carbons (Fsp3) is 0.333. The summed E-state index contributed by atoms with van der Waals surface area (Å²) < 4.78 is 0.798. The van der Waals surface area contributed by atoms with E-state index < -0.39 is 12.3 Å². The first-order chi connectivity index (χ1) is 10.1. The highest BCUT2D eigenvalue weighted by molar-refractivity contribution is 9.10. The zero-order chi connectivity index (χ0) is 15.1. The molecule has 0 spiro atoms. The Hall–Kier alpha value is -1.34. The Morgan fingerprint density at radius 2 is 1.71 bits per heavy atom. The Kier molecular flexibility index (Phi) is 6.25. The monoisotopic (exact) mass is 351 g/mol. The molecule has 2 unspecified atom stereocenters. The number of aliphatic hydroxyl groups excluding tert-OH is 2. The van der Waals surface area contributed by atoms with Crippen molar-refractivity contribution in [2.24, 2.45) is 0 Å². The molecule has 0 aliphatic rings. The molecule has 0 aliphatic heterocycles. The van der Waals surface area contributed by atoms with Gasteiger partial charge in [-0.1, -0.05) is 30.3 Å². The molecule has 0 radical (unpaired) electrons. The van der Waals surface area contributed by atoms with Crippen molar-refractivity contribution in [1.82, 2.24) is 15.3 Å². The highest BCUT2D eigenvalue weighted by Crippen LogP contribution is 2.06. The molecule has 112 valence electrons. The molecule has 0 amide bonds. The van der Waals surface area contributed by atoms with Gasteiger partial charge in [0.2, 0.25) is 0 Å². The number of aromatic nitrogens is 2. The second-order valence-corrected chi connectivity index (χ2v) is 5.70. The molecular formula is C15H18BrN3O2. The molecule has 0 aliphatic carbocycles. The lowest BCUT2D eigenvalue weighted by molar-refractivity contribution is 0.101. The Morgan fingerprint density at radius 3 is 2.38 bits per heavy atom. The highest BCUT2D eigenvalue weighted by Gasteiger charge is 2.10. The molecule has 2 aromatic rings. The average Bonchev–Trinajstić information content (AvgIpc) is 2.49. The van der Waals surface area contributed by atoms with Crippen molar-refractivity contribution in [1.29, 1.82) is 0 Å². The number of nitrogens with one attached hydrogen (secondary N) is 1. The normalized spacial score (nSPS) is 13.9. The van der Waals surface area contributed by atoms with Crippen LogP contribution in [0.3, 0.4) is 0 Å². The lowest BCUT2D eigenvalue weighted by Crippen LogP contribution is -2.38. The van der Waals surface area contributed by atoms with Crippen LogP contribution in [0.15, 0.2) is 47.2 Å². The number of rotatable bonds is 7. The summed E-state index contributed by atoms with van der Waals surface area (Å²) in [5, 5.41) is 22.7. The van der Waals surface area contributed by atoms with Crippen molar-refractivity contribution in [2.45, 2.75) is 25.2 Å². The maximum Gasteiger partial charge on any atom is 0.132 e. The zero-order valence-corrected chi connectivity index (χ0v) is 13.1. The van der Waals surface area contributed by atoms with Crippen molar-refractivity contribution in [3.05, 3.63) is 58.6 Å². The van der Waals surface area contributed by atoms with Crippen LogP contribution in [0.2, 0.25) is 0 Å². The third-order valence-electron chi connectivity index (χ3n) is 2.95. The molecule has 1 aromatic heterocycles. The fourth-order valence-corrected chi connectivity index (χ4v) is 2.12. The van der Waals surface area contributed by atoms with E-state index in [2.05, 4.69) is 31.2 Å². The molecule has 0 fully saturated rings. The van der Waals surface area contributed by atoms with E-state index in [4.69, 9.17) is 0 Å². The number of nitrogens with zero attached hydrogens (tertiary/aromatic N) is 2. The molecule has 3 N–H and O–H groups in total. The minimum atomic E-state index is -0.781. The predicted molar refractivity (Wildman–Crippen MR) is 83.6 cm³/mol. The van der Waals surface area contributed by atoms with Crippen LogP contribution in [0.5, 0.6) is 0 Å². The van der Waals surface area contributed by atoms with Gasteiger partial charge in [0, 0.05) is 25.4 Å². The van der Waals surface area contributed by atoms with Gasteiger partial charge in [-0.05, 0) is 27.9 Å². The Morgan fingerprint density at radius 1 is 1.05 bits per heavy atom. The van der Waals surface area contributed by atoms with Gasteiger partial charge in [-0.25, -0.2) is 9.97 Å². The van der Waals surface area contributed by atoms with E-state index >= 15 is 0 Å². The van der Waals surface area contributed by atoms with Gasteiger partial charge < -0.3 is 10.2 Å². The first kappa shape index (κ1) is 16.0. The minimum Gasteiger partial charge on any atom is -0.391 e. The summed E-state index contributed by atoms with van der Waals surface area (Å²) >= 11 is 3.26. The van der Waals surface area contributed by atoms with E-state index in [1.54, 1.807) is 12.4 Å². The van der Waals surface area contributed by atoms with Gasteiger partial charge in [-0.15, -0.1) is 0 Å². The molecule has 0 saturated heterocycles. The summed E-state index contributed by atoms with van der Waals surface area (Å²) in [5.74, 6) is 0.552. The third-order valence-corrected chi connectivity index (χ3v) is 3.36. The van der Waals surface area contributed by atoms with E-state index in [1.807, 2.05) is 30.3 Å². The lowest BCUT2D eigenvalue weighted by Gasteiger charge is -2.16. The van der Waals surface area contributed by atoms with Gasteiger partial charge in [0.1, 0.15) is 12.1 Å². The van der Waals surface area contributed by atoms with Gasteiger partial charge in [-0.3, -0.25) is 5.32 Å². The molecule has 0 saturated carbocycles. The van der Waals surface area contributed by atoms with Gasteiger partial charge in [0.05, 0.1) is 10.6 Å². The molecule has 6 heteroatoms. The molecule has 0 bridgehead atoms. The first-order valence-electron chi connectivity index (χ1n) is 6.73. The van der Waals surface area contributed by atoms with Crippen molar-refractivity contribution in [2.75, 3.05) is 6.54 Å². The first-order valence-corrected chi connectivity index (χ1v) is 7.52. The maximum atomic E-state index is 9.94. The predicted octanol–water partition coefficient (Wildman–Crippen LogP) is 1.29. The number of hydrogen-bond donors (Lipinski definition) is 3. The summed E-state index contributed by atoms with van der Waals surface area (Å²) in [6.07, 6.45) is 2.80. The standard InChI is InChI=1S/C15H18BrN3O2/c16-12-8-17-14(18-9-12)7-15(21)19-10-13(20)6-11-4-2-1-3-5-11/h1-5,8-9,13,15,19-21H,6-7,10H2. The van der Waals surface area contributed by atoms with Gasteiger partial charge in [-0.2, -0.15) is 0 Å². The van der Waals surface area contributed by atoms with Crippen LogP contribution >= 0.6 is 15.9 Å². The third kappa shape index (κ3) is 5.89. The molecule has 2 rings (SSSR count). The number of benzene rings is 1. The summed E-state index contributed by atoms with van der Waals surface area (Å²) in [7, 11) is 0. The number of hydrogen-bond acceptors (Lipinski definition) is 5. The molecule has 2 atom stereocenters. The van der Waals surface area contributed by atoms with E-state index in [-0.39, 0.29) is 0 Å². The van der Waals surface area contributed by atoms with Gasteiger partial charge >= 0.3 is 0 Å². The van der Waals surface area contributed by atoms with Crippen molar-refractivity contribution in [3.8, 4) is 0 Å². The summed E-state index contributed by atoms with van der Waals surface area (Å²) in [6, 6.07) is 9.76.